The van der Waals surface area contributed by atoms with Crippen molar-refractivity contribution in [1.82, 2.24) is 0 Å². The molecule has 0 saturated carbocycles. The molecule has 0 aromatic heterocycles. The number of nitrogens with two attached hydrogens (primary N) is 1. The Kier molecular flexibility index (Phi) is 3.66. The highest BCUT2D eigenvalue weighted by atomic mass is 79.9. The van der Waals surface area contributed by atoms with Gasteiger partial charge in [-0.05, 0) is 30.2 Å². The molecule has 0 bridgehead atoms. The minimum atomic E-state index is -0.701. The molecule has 1 aromatic carbocycles. The van der Waals surface area contributed by atoms with Crippen LogP contribution in [-0.4, -0.2) is 13.1 Å². The molecule has 0 aliphatic carbocycles. The van der Waals surface area contributed by atoms with Crippen LogP contribution in [0.25, 0.3) is 0 Å². The van der Waals surface area contributed by atoms with E-state index < -0.39 is 12.0 Å². The van der Waals surface area contributed by atoms with Crippen LogP contribution in [0.2, 0.25) is 0 Å². The van der Waals surface area contributed by atoms with Crippen LogP contribution >= 0.6 is 15.9 Å². The van der Waals surface area contributed by atoms with Crippen molar-refractivity contribution in [3.8, 4) is 0 Å². The zero-order valence-corrected chi connectivity index (χ0v) is 9.67. The molecule has 2 N–H and O–H groups in total. The SMILES string of the molecule is COC(=O)C(N)c1ccc(Br)cc1C. The average molecular weight is 258 g/mol. The Morgan fingerprint density at radius 1 is 1.57 bits per heavy atom. The van der Waals surface area contributed by atoms with Crippen molar-refractivity contribution < 1.29 is 9.53 Å². The van der Waals surface area contributed by atoms with E-state index >= 15 is 0 Å². The van der Waals surface area contributed by atoms with Crippen LogP contribution in [0.5, 0.6) is 0 Å². The van der Waals surface area contributed by atoms with Crippen LogP contribution in [0.4, 0.5) is 0 Å². The van der Waals surface area contributed by atoms with Gasteiger partial charge in [-0.1, -0.05) is 22.0 Å². The second-order valence-corrected chi connectivity index (χ2v) is 3.92. The number of carbonyl (C=O) groups is 1. The molecule has 1 aromatic rings. The molecular weight excluding hydrogens is 246 g/mol. The third kappa shape index (κ3) is 2.33. The normalized spacial score (nSPS) is 12.3. The van der Waals surface area contributed by atoms with E-state index in [0.717, 1.165) is 15.6 Å². The van der Waals surface area contributed by atoms with Gasteiger partial charge in [0.2, 0.25) is 0 Å². The number of esters is 1. The molecule has 0 aliphatic heterocycles. The van der Waals surface area contributed by atoms with E-state index in [-0.39, 0.29) is 0 Å². The maximum absolute atomic E-state index is 11.2. The van der Waals surface area contributed by atoms with E-state index in [0.29, 0.717) is 0 Å². The fraction of sp³-hybridized carbons (Fsp3) is 0.300. The molecule has 3 nitrogen and oxygen atoms in total. The summed E-state index contributed by atoms with van der Waals surface area (Å²) in [5.41, 5.74) is 7.47. The molecule has 0 aliphatic rings. The highest BCUT2D eigenvalue weighted by Gasteiger charge is 2.17. The molecule has 0 fully saturated rings. The predicted octanol–water partition coefficient (Wildman–Crippen LogP) is 1.93. The van der Waals surface area contributed by atoms with Gasteiger partial charge in [0.15, 0.2) is 0 Å². The van der Waals surface area contributed by atoms with Crippen molar-refractivity contribution in [2.75, 3.05) is 7.11 Å². The van der Waals surface area contributed by atoms with Crippen LogP contribution in [0, 0.1) is 6.92 Å². The highest BCUT2D eigenvalue weighted by molar-refractivity contribution is 9.10. The molecule has 76 valence electrons. The first-order valence-electron chi connectivity index (χ1n) is 4.15. The van der Waals surface area contributed by atoms with E-state index in [1.165, 1.54) is 7.11 Å². The van der Waals surface area contributed by atoms with E-state index in [1.807, 2.05) is 25.1 Å². The summed E-state index contributed by atoms with van der Waals surface area (Å²) < 4.78 is 5.54. The molecular formula is C10H12BrNO2. The van der Waals surface area contributed by atoms with Crippen molar-refractivity contribution >= 4 is 21.9 Å². The molecule has 4 heteroatoms. The summed E-state index contributed by atoms with van der Waals surface area (Å²) in [4.78, 5) is 11.2. The van der Waals surface area contributed by atoms with Gasteiger partial charge in [-0.15, -0.1) is 0 Å². The number of hydrogen-bond donors (Lipinski definition) is 1. The van der Waals surface area contributed by atoms with E-state index in [1.54, 1.807) is 0 Å². The van der Waals surface area contributed by atoms with Crippen LogP contribution in [0.3, 0.4) is 0 Å². The molecule has 0 radical (unpaired) electrons. The third-order valence-corrected chi connectivity index (χ3v) is 2.52. The predicted molar refractivity (Wildman–Crippen MR) is 57.8 cm³/mol. The van der Waals surface area contributed by atoms with Gasteiger partial charge in [-0.25, -0.2) is 0 Å². The zero-order valence-electron chi connectivity index (χ0n) is 8.08. The molecule has 0 amide bonds. The van der Waals surface area contributed by atoms with Crippen LogP contribution < -0.4 is 5.73 Å². The first-order valence-corrected chi connectivity index (χ1v) is 4.95. The van der Waals surface area contributed by atoms with Gasteiger partial charge in [0.1, 0.15) is 6.04 Å². The van der Waals surface area contributed by atoms with Crippen molar-refractivity contribution in [1.29, 1.82) is 0 Å². The molecule has 1 atom stereocenters. The Labute approximate surface area is 91.4 Å². The fourth-order valence-electron chi connectivity index (χ4n) is 1.24. The largest absolute Gasteiger partial charge is 0.468 e. The number of benzene rings is 1. The van der Waals surface area contributed by atoms with Crippen molar-refractivity contribution in [2.45, 2.75) is 13.0 Å². The zero-order chi connectivity index (χ0) is 10.7. The molecule has 0 saturated heterocycles. The minimum absolute atomic E-state index is 0.421. The van der Waals surface area contributed by atoms with Gasteiger partial charge < -0.3 is 10.5 Å². The summed E-state index contributed by atoms with van der Waals surface area (Å²) in [6, 6.07) is 4.89. The van der Waals surface area contributed by atoms with E-state index in [9.17, 15) is 4.79 Å². The Balaban J connectivity index is 3.01. The second-order valence-electron chi connectivity index (χ2n) is 3.00. The molecule has 0 spiro atoms. The summed E-state index contributed by atoms with van der Waals surface area (Å²) in [6.45, 7) is 1.91. The van der Waals surface area contributed by atoms with Gasteiger partial charge in [-0.2, -0.15) is 0 Å². The molecule has 0 heterocycles. The van der Waals surface area contributed by atoms with E-state index in [4.69, 9.17) is 5.73 Å². The van der Waals surface area contributed by atoms with Crippen LogP contribution in [0.1, 0.15) is 17.2 Å². The number of hydrogen-bond acceptors (Lipinski definition) is 3. The molecule has 1 unspecified atom stereocenters. The Hall–Kier alpha value is -0.870. The van der Waals surface area contributed by atoms with Crippen molar-refractivity contribution in [3.63, 3.8) is 0 Å². The topological polar surface area (TPSA) is 52.3 Å². The smallest absolute Gasteiger partial charge is 0.327 e. The van der Waals surface area contributed by atoms with Crippen molar-refractivity contribution in [3.05, 3.63) is 33.8 Å². The van der Waals surface area contributed by atoms with E-state index in [2.05, 4.69) is 20.7 Å². The number of methoxy groups -OCH3 is 1. The van der Waals surface area contributed by atoms with Gasteiger partial charge >= 0.3 is 5.97 Å². The quantitative estimate of drug-likeness (QED) is 0.824. The number of halogens is 1. The minimum Gasteiger partial charge on any atom is -0.468 e. The average Bonchev–Trinajstić information content (AvgIpc) is 2.15. The Morgan fingerprint density at radius 2 is 2.21 bits per heavy atom. The van der Waals surface area contributed by atoms with Crippen LogP contribution in [0.15, 0.2) is 22.7 Å². The highest BCUT2D eigenvalue weighted by Crippen LogP contribution is 2.20. The lowest BCUT2D eigenvalue weighted by molar-refractivity contribution is -0.142. The van der Waals surface area contributed by atoms with Gasteiger partial charge in [0.05, 0.1) is 7.11 Å². The number of aryl methyl sites for hydroxylation is 1. The molecule has 1 rings (SSSR count). The third-order valence-electron chi connectivity index (χ3n) is 2.02. The lowest BCUT2D eigenvalue weighted by atomic mass is 10.0. The number of ether oxygens (including phenoxy) is 1. The Morgan fingerprint density at radius 3 is 2.71 bits per heavy atom. The van der Waals surface area contributed by atoms with Gasteiger partial charge in [0, 0.05) is 4.47 Å². The summed E-state index contributed by atoms with van der Waals surface area (Å²) >= 11 is 3.34. The van der Waals surface area contributed by atoms with Crippen molar-refractivity contribution in [2.24, 2.45) is 5.73 Å². The fourth-order valence-corrected chi connectivity index (χ4v) is 1.72. The Bertz CT molecular complexity index is 352. The standard InChI is InChI=1S/C10H12BrNO2/c1-6-5-7(11)3-4-8(6)9(12)10(13)14-2/h3-5,9H,12H2,1-2H3. The summed E-state index contributed by atoms with van der Waals surface area (Å²) in [7, 11) is 1.33. The second kappa shape index (κ2) is 4.57. The maximum atomic E-state index is 11.2. The van der Waals surface area contributed by atoms with Gasteiger partial charge in [0.25, 0.3) is 0 Å². The summed E-state index contributed by atoms with van der Waals surface area (Å²) in [6.07, 6.45) is 0. The monoisotopic (exact) mass is 257 g/mol. The van der Waals surface area contributed by atoms with Crippen LogP contribution in [-0.2, 0) is 9.53 Å². The number of carbonyl (C=O) groups excluding carboxylic acids is 1. The summed E-state index contributed by atoms with van der Waals surface area (Å²) in [5, 5.41) is 0. The maximum Gasteiger partial charge on any atom is 0.327 e. The lowest BCUT2D eigenvalue weighted by Crippen LogP contribution is -2.23. The van der Waals surface area contributed by atoms with Gasteiger partial charge in [-0.3, -0.25) is 4.79 Å². The first kappa shape index (κ1) is 11.2. The lowest BCUT2D eigenvalue weighted by Gasteiger charge is -2.12. The molecule has 14 heavy (non-hydrogen) atoms. The summed E-state index contributed by atoms with van der Waals surface area (Å²) in [5.74, 6) is -0.421. The number of rotatable bonds is 2. The first-order chi connectivity index (χ1) is 6.56.